The number of esters is 1. The number of carbonyl (C=O) groups excluding carboxylic acids is 3. The molecule has 1 fully saturated rings. The molecule has 10 heteroatoms. The molecular weight excluding hydrogens is 532 g/mol. The SMILES string of the molecule is Cc1cc(C(=O)NC(CCC(=O)OCc2ccccc2)c2nc3ccc(Cl)cc3[nH]2)ccc1N1CCOCC1=O. The van der Waals surface area contributed by atoms with Crippen molar-refractivity contribution in [2.45, 2.75) is 32.4 Å². The van der Waals surface area contributed by atoms with Gasteiger partial charge in [-0.3, -0.25) is 14.4 Å². The van der Waals surface area contributed by atoms with Crippen LogP contribution in [0.5, 0.6) is 0 Å². The van der Waals surface area contributed by atoms with Crippen molar-refractivity contribution in [1.29, 1.82) is 0 Å². The molecule has 206 valence electrons. The van der Waals surface area contributed by atoms with E-state index in [0.29, 0.717) is 35.1 Å². The molecule has 2 heterocycles. The largest absolute Gasteiger partial charge is 0.461 e. The fourth-order valence-corrected chi connectivity index (χ4v) is 4.80. The summed E-state index contributed by atoms with van der Waals surface area (Å²) in [5.74, 6) is -0.314. The van der Waals surface area contributed by atoms with Crippen molar-refractivity contribution >= 4 is 46.1 Å². The van der Waals surface area contributed by atoms with Crippen molar-refractivity contribution in [2.24, 2.45) is 0 Å². The third-order valence-electron chi connectivity index (χ3n) is 6.71. The van der Waals surface area contributed by atoms with Gasteiger partial charge in [0.25, 0.3) is 11.8 Å². The summed E-state index contributed by atoms with van der Waals surface area (Å²) in [6.45, 7) is 3.00. The number of morpholine rings is 1. The van der Waals surface area contributed by atoms with E-state index in [4.69, 9.17) is 21.1 Å². The molecule has 9 nitrogen and oxygen atoms in total. The van der Waals surface area contributed by atoms with Crippen molar-refractivity contribution in [3.8, 4) is 0 Å². The predicted octanol–water partition coefficient (Wildman–Crippen LogP) is 4.88. The quantitative estimate of drug-likeness (QED) is 0.282. The number of aromatic amines is 1. The third-order valence-corrected chi connectivity index (χ3v) is 6.95. The fraction of sp³-hybridized carbons (Fsp3) is 0.267. The van der Waals surface area contributed by atoms with Crippen molar-refractivity contribution < 1.29 is 23.9 Å². The zero-order chi connectivity index (χ0) is 28.1. The average Bonchev–Trinajstić information content (AvgIpc) is 3.38. The number of amides is 2. The molecular formula is C30H29ClN4O5. The van der Waals surface area contributed by atoms with Crippen LogP contribution >= 0.6 is 11.6 Å². The molecule has 1 aliphatic heterocycles. The molecule has 0 radical (unpaired) electrons. The molecule has 1 atom stereocenters. The van der Waals surface area contributed by atoms with E-state index in [0.717, 1.165) is 22.3 Å². The molecule has 0 aliphatic carbocycles. The lowest BCUT2D eigenvalue weighted by Gasteiger charge is -2.28. The van der Waals surface area contributed by atoms with E-state index in [2.05, 4.69) is 15.3 Å². The van der Waals surface area contributed by atoms with E-state index >= 15 is 0 Å². The minimum absolute atomic E-state index is 0.0415. The molecule has 1 aromatic heterocycles. The van der Waals surface area contributed by atoms with Gasteiger partial charge in [-0.1, -0.05) is 41.9 Å². The van der Waals surface area contributed by atoms with Crippen LogP contribution in [0.3, 0.4) is 0 Å². The first kappa shape index (κ1) is 27.4. The van der Waals surface area contributed by atoms with Gasteiger partial charge >= 0.3 is 5.97 Å². The number of fused-ring (bicyclic) bond motifs is 1. The number of halogens is 1. The number of benzene rings is 3. The normalized spacial score (nSPS) is 14.2. The summed E-state index contributed by atoms with van der Waals surface area (Å²) in [4.78, 5) is 47.7. The summed E-state index contributed by atoms with van der Waals surface area (Å²) in [6, 6.07) is 19.3. The van der Waals surface area contributed by atoms with Crippen LogP contribution in [0.2, 0.25) is 5.02 Å². The van der Waals surface area contributed by atoms with Gasteiger partial charge in [-0.05, 0) is 60.9 Å². The molecule has 0 saturated carbocycles. The molecule has 0 bridgehead atoms. The maximum absolute atomic E-state index is 13.4. The van der Waals surface area contributed by atoms with E-state index in [1.54, 1.807) is 41.3 Å². The maximum atomic E-state index is 13.4. The molecule has 1 aliphatic rings. The Kier molecular flexibility index (Phi) is 8.42. The van der Waals surface area contributed by atoms with Gasteiger partial charge in [0.05, 0.1) is 23.7 Å². The smallest absolute Gasteiger partial charge is 0.306 e. The average molecular weight is 561 g/mol. The van der Waals surface area contributed by atoms with E-state index < -0.39 is 6.04 Å². The highest BCUT2D eigenvalue weighted by Crippen LogP contribution is 2.25. The number of aryl methyl sites for hydroxylation is 1. The van der Waals surface area contributed by atoms with Crippen LogP contribution in [0, 0.1) is 6.92 Å². The topological polar surface area (TPSA) is 114 Å². The molecule has 4 aromatic rings. The lowest BCUT2D eigenvalue weighted by atomic mass is 10.1. The Balaban J connectivity index is 1.31. The van der Waals surface area contributed by atoms with Gasteiger partial charge in [0.1, 0.15) is 19.0 Å². The number of ether oxygens (including phenoxy) is 2. The minimum Gasteiger partial charge on any atom is -0.461 e. The Morgan fingerprint density at radius 1 is 1.15 bits per heavy atom. The van der Waals surface area contributed by atoms with Crippen LogP contribution in [0.15, 0.2) is 66.7 Å². The summed E-state index contributed by atoms with van der Waals surface area (Å²) in [7, 11) is 0. The summed E-state index contributed by atoms with van der Waals surface area (Å²) in [5.41, 5.74) is 4.29. The summed E-state index contributed by atoms with van der Waals surface area (Å²) in [6.07, 6.45) is 0.346. The molecule has 1 saturated heterocycles. The first-order chi connectivity index (χ1) is 19.4. The van der Waals surface area contributed by atoms with Crippen LogP contribution in [0.1, 0.15) is 46.2 Å². The van der Waals surface area contributed by atoms with Crippen molar-refractivity contribution in [1.82, 2.24) is 15.3 Å². The number of H-pyrrole nitrogens is 1. The number of carbonyl (C=O) groups is 3. The van der Waals surface area contributed by atoms with Crippen LogP contribution in [0.25, 0.3) is 11.0 Å². The minimum atomic E-state index is -0.594. The zero-order valence-corrected chi connectivity index (χ0v) is 22.7. The molecule has 0 spiro atoms. The lowest BCUT2D eigenvalue weighted by Crippen LogP contribution is -2.42. The number of anilines is 1. The van der Waals surface area contributed by atoms with Gasteiger partial charge < -0.3 is 24.7 Å². The maximum Gasteiger partial charge on any atom is 0.306 e. The standard InChI is InChI=1S/C30H29ClN4O5/c1-19-15-21(7-11-26(19)35-13-14-39-18-27(35)36)30(38)34-24(29-32-23-9-8-22(31)16-25(23)33-29)10-12-28(37)40-17-20-5-3-2-4-6-20/h2-9,11,15-16,24H,10,12-14,17-18H2,1H3,(H,32,33)(H,34,38). The fourth-order valence-electron chi connectivity index (χ4n) is 4.63. The Morgan fingerprint density at radius 2 is 1.98 bits per heavy atom. The summed E-state index contributed by atoms with van der Waals surface area (Å²) >= 11 is 6.14. The molecule has 5 rings (SSSR count). The first-order valence-electron chi connectivity index (χ1n) is 13.0. The Labute approximate surface area is 236 Å². The van der Waals surface area contributed by atoms with Gasteiger partial charge in [-0.15, -0.1) is 0 Å². The van der Waals surface area contributed by atoms with Gasteiger partial charge in [-0.2, -0.15) is 0 Å². The second-order valence-corrected chi connectivity index (χ2v) is 10.0. The second kappa shape index (κ2) is 12.3. The number of rotatable bonds is 9. The van der Waals surface area contributed by atoms with Gasteiger partial charge in [0, 0.05) is 29.2 Å². The number of aromatic nitrogens is 2. The van der Waals surface area contributed by atoms with Crippen molar-refractivity contribution in [3.05, 3.63) is 94.3 Å². The molecule has 2 amide bonds. The van der Waals surface area contributed by atoms with Crippen molar-refractivity contribution in [3.63, 3.8) is 0 Å². The third kappa shape index (κ3) is 6.50. The van der Waals surface area contributed by atoms with Crippen LogP contribution in [-0.2, 0) is 25.7 Å². The highest BCUT2D eigenvalue weighted by Gasteiger charge is 2.24. The van der Waals surface area contributed by atoms with E-state index in [-0.39, 0.29) is 43.8 Å². The number of hydrogen-bond acceptors (Lipinski definition) is 6. The van der Waals surface area contributed by atoms with E-state index in [1.807, 2.05) is 37.3 Å². The number of nitrogens with zero attached hydrogens (tertiary/aromatic N) is 2. The lowest BCUT2D eigenvalue weighted by molar-refractivity contribution is -0.145. The van der Waals surface area contributed by atoms with Crippen LogP contribution in [-0.4, -0.2) is 47.5 Å². The van der Waals surface area contributed by atoms with Crippen LogP contribution < -0.4 is 10.2 Å². The number of hydrogen-bond donors (Lipinski definition) is 2. The molecule has 40 heavy (non-hydrogen) atoms. The Morgan fingerprint density at radius 3 is 2.75 bits per heavy atom. The zero-order valence-electron chi connectivity index (χ0n) is 22.0. The molecule has 3 aromatic carbocycles. The van der Waals surface area contributed by atoms with Gasteiger partial charge in [0.2, 0.25) is 0 Å². The van der Waals surface area contributed by atoms with Gasteiger partial charge in [-0.25, -0.2) is 4.98 Å². The number of imidazole rings is 1. The summed E-state index contributed by atoms with van der Waals surface area (Å²) < 4.78 is 10.7. The predicted molar refractivity (Wildman–Crippen MR) is 151 cm³/mol. The first-order valence-corrected chi connectivity index (χ1v) is 13.4. The number of nitrogens with one attached hydrogen (secondary N) is 2. The van der Waals surface area contributed by atoms with E-state index in [9.17, 15) is 14.4 Å². The second-order valence-electron chi connectivity index (χ2n) is 9.59. The monoisotopic (exact) mass is 560 g/mol. The highest BCUT2D eigenvalue weighted by molar-refractivity contribution is 6.31. The summed E-state index contributed by atoms with van der Waals surface area (Å²) in [5, 5.41) is 3.57. The van der Waals surface area contributed by atoms with Gasteiger partial charge in [0.15, 0.2) is 0 Å². The molecule has 2 N–H and O–H groups in total. The molecule has 1 unspecified atom stereocenters. The van der Waals surface area contributed by atoms with Crippen molar-refractivity contribution in [2.75, 3.05) is 24.7 Å². The van der Waals surface area contributed by atoms with Crippen LogP contribution in [0.4, 0.5) is 5.69 Å². The Hall–Kier alpha value is -4.21. The van der Waals surface area contributed by atoms with E-state index in [1.165, 1.54) is 0 Å². The Bertz CT molecular complexity index is 1540. The highest BCUT2D eigenvalue weighted by atomic mass is 35.5.